The fraction of sp³-hybridized carbons (Fsp3) is 0.286. The Labute approximate surface area is 194 Å². The summed E-state index contributed by atoms with van der Waals surface area (Å²) in [5.41, 5.74) is 6.74. The van der Waals surface area contributed by atoms with Crippen LogP contribution in [0.25, 0.3) is 11.1 Å². The number of hydrogen-bond acceptors (Lipinski definition) is 4. The summed E-state index contributed by atoms with van der Waals surface area (Å²) in [5, 5.41) is 9.12. The van der Waals surface area contributed by atoms with Gasteiger partial charge in [0, 0.05) is 38.6 Å². The normalized spacial score (nSPS) is 15.9. The summed E-state index contributed by atoms with van der Waals surface area (Å²) in [6.07, 6.45) is 0.674. The van der Waals surface area contributed by atoms with Gasteiger partial charge in [0.2, 0.25) is 0 Å². The molecule has 0 saturated carbocycles. The van der Waals surface area contributed by atoms with Crippen molar-refractivity contribution in [3.05, 3.63) is 95.1 Å². The smallest absolute Gasteiger partial charge is 0.409 e. The zero-order valence-corrected chi connectivity index (χ0v) is 18.6. The number of carbonyl (C=O) groups excluding carboxylic acids is 1. The Hall–Kier alpha value is -3.62. The van der Waals surface area contributed by atoms with Crippen molar-refractivity contribution in [2.75, 3.05) is 32.8 Å². The Morgan fingerprint density at radius 3 is 2.36 bits per heavy atom. The molecule has 1 aliphatic carbocycles. The first-order chi connectivity index (χ1) is 16.2. The van der Waals surface area contributed by atoms with E-state index in [-0.39, 0.29) is 12.0 Å². The highest BCUT2D eigenvalue weighted by Crippen LogP contribution is 2.44. The number of fused-ring (bicyclic) bond motifs is 3. The first-order valence-electron chi connectivity index (χ1n) is 11.5. The number of benzene rings is 3. The summed E-state index contributed by atoms with van der Waals surface area (Å²) in [6, 6.07) is 26.7. The summed E-state index contributed by atoms with van der Waals surface area (Å²) >= 11 is 0. The van der Waals surface area contributed by atoms with Gasteiger partial charge in [0.25, 0.3) is 0 Å². The molecule has 0 N–H and O–H groups in total. The monoisotopic (exact) mass is 437 g/mol. The third-order valence-electron chi connectivity index (χ3n) is 6.65. The van der Waals surface area contributed by atoms with Gasteiger partial charge >= 0.3 is 6.09 Å². The number of nitriles is 1. The molecule has 1 heterocycles. The Bertz CT molecular complexity index is 1150. The summed E-state index contributed by atoms with van der Waals surface area (Å²) < 4.78 is 5.85. The zero-order valence-electron chi connectivity index (χ0n) is 18.6. The Balaban J connectivity index is 1.19. The van der Waals surface area contributed by atoms with E-state index in [0.717, 1.165) is 31.6 Å². The lowest BCUT2D eigenvalue weighted by molar-refractivity contribution is 0.101. The Morgan fingerprint density at radius 2 is 1.64 bits per heavy atom. The van der Waals surface area contributed by atoms with Crippen LogP contribution in [0.1, 0.15) is 34.6 Å². The molecule has 33 heavy (non-hydrogen) atoms. The highest BCUT2D eigenvalue weighted by molar-refractivity contribution is 5.79. The fourth-order valence-corrected chi connectivity index (χ4v) is 4.99. The molecule has 1 fully saturated rings. The minimum absolute atomic E-state index is 0.0808. The maximum Gasteiger partial charge on any atom is 0.409 e. The Morgan fingerprint density at radius 1 is 0.909 bits per heavy atom. The fourth-order valence-electron chi connectivity index (χ4n) is 4.99. The second kappa shape index (κ2) is 9.48. The topological polar surface area (TPSA) is 56.6 Å². The lowest BCUT2D eigenvalue weighted by Crippen LogP contribution is -2.36. The average Bonchev–Trinajstić information content (AvgIpc) is 2.99. The van der Waals surface area contributed by atoms with E-state index in [2.05, 4.69) is 65.6 Å². The molecule has 1 saturated heterocycles. The summed E-state index contributed by atoms with van der Waals surface area (Å²) in [7, 11) is 0. The van der Waals surface area contributed by atoms with E-state index in [0.29, 0.717) is 25.3 Å². The molecule has 0 atom stereocenters. The van der Waals surface area contributed by atoms with E-state index in [4.69, 9.17) is 10.00 Å². The molecule has 1 amide bonds. The maximum absolute atomic E-state index is 12.9. The molecule has 5 heteroatoms. The standard InChI is InChI=1S/C28H27N3O2/c29-18-21-7-5-8-22(17-21)19-30-13-6-14-31(16-15-30)28(32)33-20-27-25-11-3-1-9-23(25)24-10-2-4-12-26(24)27/h1-5,7-12,17,27H,6,13-16,19-20H2. The van der Waals surface area contributed by atoms with Crippen LogP contribution in [0.15, 0.2) is 72.8 Å². The van der Waals surface area contributed by atoms with Crippen molar-refractivity contribution in [3.8, 4) is 17.2 Å². The van der Waals surface area contributed by atoms with Crippen LogP contribution in [0.4, 0.5) is 4.79 Å². The summed E-state index contributed by atoms with van der Waals surface area (Å²) in [5.74, 6) is 0.0808. The molecule has 1 aliphatic heterocycles. The lowest BCUT2D eigenvalue weighted by Gasteiger charge is -2.23. The second-order valence-electron chi connectivity index (χ2n) is 8.73. The van der Waals surface area contributed by atoms with E-state index in [1.807, 2.05) is 23.1 Å². The Kier molecular flexibility index (Phi) is 6.10. The van der Waals surface area contributed by atoms with Crippen molar-refractivity contribution in [2.24, 2.45) is 0 Å². The van der Waals surface area contributed by atoms with E-state index in [1.165, 1.54) is 22.3 Å². The molecule has 0 spiro atoms. The van der Waals surface area contributed by atoms with Crippen LogP contribution in [0, 0.1) is 11.3 Å². The van der Waals surface area contributed by atoms with Crippen molar-refractivity contribution in [1.29, 1.82) is 5.26 Å². The number of ether oxygens (including phenoxy) is 1. The molecular weight excluding hydrogens is 410 g/mol. The molecular formula is C28H27N3O2. The average molecular weight is 438 g/mol. The van der Waals surface area contributed by atoms with Crippen molar-refractivity contribution in [1.82, 2.24) is 9.80 Å². The van der Waals surface area contributed by atoms with Crippen LogP contribution in [-0.2, 0) is 11.3 Å². The van der Waals surface area contributed by atoms with E-state index in [1.54, 1.807) is 0 Å². The first kappa shape index (κ1) is 21.2. The maximum atomic E-state index is 12.9. The van der Waals surface area contributed by atoms with Gasteiger partial charge in [-0.2, -0.15) is 5.26 Å². The van der Waals surface area contributed by atoms with Crippen LogP contribution in [0.3, 0.4) is 0 Å². The van der Waals surface area contributed by atoms with Gasteiger partial charge < -0.3 is 9.64 Å². The molecule has 0 radical (unpaired) electrons. The third kappa shape index (κ3) is 4.48. The van der Waals surface area contributed by atoms with Gasteiger partial charge in [-0.25, -0.2) is 4.79 Å². The second-order valence-corrected chi connectivity index (χ2v) is 8.73. The van der Waals surface area contributed by atoms with Crippen molar-refractivity contribution in [3.63, 3.8) is 0 Å². The van der Waals surface area contributed by atoms with Crippen LogP contribution in [-0.4, -0.2) is 48.7 Å². The van der Waals surface area contributed by atoms with Gasteiger partial charge in [0.1, 0.15) is 6.61 Å². The van der Waals surface area contributed by atoms with Gasteiger partial charge in [-0.1, -0.05) is 60.7 Å². The number of amides is 1. The zero-order chi connectivity index (χ0) is 22.6. The minimum Gasteiger partial charge on any atom is -0.448 e. The van der Waals surface area contributed by atoms with E-state index < -0.39 is 0 Å². The van der Waals surface area contributed by atoms with Gasteiger partial charge in [0.15, 0.2) is 0 Å². The van der Waals surface area contributed by atoms with Crippen LogP contribution < -0.4 is 0 Å². The van der Waals surface area contributed by atoms with Crippen LogP contribution in [0.2, 0.25) is 0 Å². The number of hydrogen-bond donors (Lipinski definition) is 0. The van der Waals surface area contributed by atoms with Crippen molar-refractivity contribution < 1.29 is 9.53 Å². The summed E-state index contributed by atoms with van der Waals surface area (Å²) in [4.78, 5) is 17.1. The molecule has 3 aromatic rings. The van der Waals surface area contributed by atoms with Gasteiger partial charge in [0.05, 0.1) is 11.6 Å². The predicted molar refractivity (Wildman–Crippen MR) is 128 cm³/mol. The highest BCUT2D eigenvalue weighted by atomic mass is 16.6. The predicted octanol–water partition coefficient (Wildman–Crippen LogP) is 5.02. The van der Waals surface area contributed by atoms with Crippen LogP contribution in [0.5, 0.6) is 0 Å². The molecule has 3 aromatic carbocycles. The third-order valence-corrected chi connectivity index (χ3v) is 6.65. The molecule has 5 nitrogen and oxygen atoms in total. The quantitative estimate of drug-likeness (QED) is 0.575. The number of rotatable bonds is 4. The van der Waals surface area contributed by atoms with Gasteiger partial charge in [-0.3, -0.25) is 4.90 Å². The van der Waals surface area contributed by atoms with Crippen molar-refractivity contribution >= 4 is 6.09 Å². The number of nitrogens with zero attached hydrogens (tertiary/aromatic N) is 3. The molecule has 0 aromatic heterocycles. The SMILES string of the molecule is N#Cc1cccc(CN2CCCN(C(=O)OCC3c4ccccc4-c4ccccc43)CC2)c1. The van der Waals surface area contributed by atoms with Crippen LogP contribution >= 0.6 is 0 Å². The lowest BCUT2D eigenvalue weighted by atomic mass is 9.98. The van der Waals surface area contributed by atoms with Gasteiger partial charge in [-0.05, 0) is 46.4 Å². The van der Waals surface area contributed by atoms with Crippen molar-refractivity contribution in [2.45, 2.75) is 18.9 Å². The largest absolute Gasteiger partial charge is 0.448 e. The molecule has 5 rings (SSSR count). The first-order valence-corrected chi connectivity index (χ1v) is 11.5. The molecule has 0 bridgehead atoms. The minimum atomic E-state index is -0.231. The summed E-state index contributed by atoms with van der Waals surface area (Å²) in [6.45, 7) is 4.20. The molecule has 2 aliphatic rings. The van der Waals surface area contributed by atoms with Gasteiger partial charge in [-0.15, -0.1) is 0 Å². The highest BCUT2D eigenvalue weighted by Gasteiger charge is 2.30. The van der Waals surface area contributed by atoms with E-state index >= 15 is 0 Å². The molecule has 166 valence electrons. The number of carbonyl (C=O) groups is 1. The van der Waals surface area contributed by atoms with E-state index in [9.17, 15) is 4.79 Å². The molecule has 0 unspecified atom stereocenters.